The third kappa shape index (κ3) is 1.77. The van der Waals surface area contributed by atoms with Crippen LogP contribution in [0.25, 0.3) is 0 Å². The Balaban J connectivity index is 2.61. The van der Waals surface area contributed by atoms with Gasteiger partial charge in [0.15, 0.2) is 0 Å². The lowest BCUT2D eigenvalue weighted by Crippen LogP contribution is -2.07. The fourth-order valence-electron chi connectivity index (χ4n) is 0.579. The maximum atomic E-state index is 3.99. The van der Waals surface area contributed by atoms with E-state index in [1.54, 1.807) is 18.5 Å². The van der Waals surface area contributed by atoms with E-state index in [1.807, 2.05) is 7.05 Å². The van der Waals surface area contributed by atoms with E-state index in [-0.39, 0.29) is 0 Å². The van der Waals surface area contributed by atoms with Gasteiger partial charge in [-0.3, -0.25) is 0 Å². The quantitative estimate of drug-likeness (QED) is 0.610. The molecule has 0 saturated heterocycles. The van der Waals surface area contributed by atoms with Gasteiger partial charge < -0.3 is 5.32 Å². The van der Waals surface area contributed by atoms with Crippen molar-refractivity contribution in [1.82, 2.24) is 15.3 Å². The van der Waals surface area contributed by atoms with E-state index in [4.69, 9.17) is 0 Å². The Morgan fingerprint density at radius 2 is 2.11 bits per heavy atom. The molecule has 9 heavy (non-hydrogen) atoms. The molecule has 0 spiro atoms. The van der Waals surface area contributed by atoms with Crippen LogP contribution >= 0.6 is 0 Å². The molecule has 0 fully saturated rings. The van der Waals surface area contributed by atoms with Crippen LogP contribution in [0.15, 0.2) is 18.5 Å². The normalized spacial score (nSPS) is 9.44. The summed E-state index contributed by atoms with van der Waals surface area (Å²) in [5, 5.41) is 2.96. The molecule has 1 aromatic heterocycles. The summed E-state index contributed by atoms with van der Waals surface area (Å²) in [7, 11) is 1.87. The highest BCUT2D eigenvalue weighted by Crippen LogP contribution is 1.83. The summed E-state index contributed by atoms with van der Waals surface area (Å²) < 4.78 is 0. The van der Waals surface area contributed by atoms with Gasteiger partial charge in [-0.2, -0.15) is 0 Å². The van der Waals surface area contributed by atoms with Gasteiger partial charge in [0.1, 0.15) is 5.82 Å². The molecule has 3 heteroatoms. The van der Waals surface area contributed by atoms with E-state index >= 15 is 0 Å². The van der Waals surface area contributed by atoms with Crippen LogP contribution in [-0.2, 0) is 6.54 Å². The Morgan fingerprint density at radius 3 is 2.67 bits per heavy atom. The molecule has 0 aromatic carbocycles. The molecule has 0 bridgehead atoms. The first kappa shape index (κ1) is 6.16. The molecule has 0 saturated carbocycles. The fourth-order valence-corrected chi connectivity index (χ4v) is 0.579. The molecule has 3 nitrogen and oxygen atoms in total. The summed E-state index contributed by atoms with van der Waals surface area (Å²) in [6, 6.07) is 1.80. The van der Waals surface area contributed by atoms with E-state index in [2.05, 4.69) is 15.3 Å². The lowest BCUT2D eigenvalue weighted by molar-refractivity contribution is 0.758. The lowest BCUT2D eigenvalue weighted by atomic mass is 10.5. The molecule has 0 amide bonds. The van der Waals surface area contributed by atoms with E-state index < -0.39 is 0 Å². The molecule has 0 radical (unpaired) electrons. The summed E-state index contributed by atoms with van der Waals surface area (Å²) in [4.78, 5) is 7.99. The third-order valence-corrected chi connectivity index (χ3v) is 0.954. The van der Waals surface area contributed by atoms with Crippen molar-refractivity contribution in [1.29, 1.82) is 0 Å². The highest BCUT2D eigenvalue weighted by Gasteiger charge is 1.87. The summed E-state index contributed by atoms with van der Waals surface area (Å²) in [6.07, 6.45) is 3.47. The molecule has 1 rings (SSSR count). The van der Waals surface area contributed by atoms with E-state index in [9.17, 15) is 0 Å². The number of rotatable bonds is 2. The van der Waals surface area contributed by atoms with Crippen molar-refractivity contribution in [3.8, 4) is 0 Å². The smallest absolute Gasteiger partial charge is 0.141 e. The molecule has 0 atom stereocenters. The van der Waals surface area contributed by atoms with Crippen molar-refractivity contribution in [2.45, 2.75) is 6.54 Å². The van der Waals surface area contributed by atoms with Crippen molar-refractivity contribution in [3.05, 3.63) is 24.3 Å². The maximum Gasteiger partial charge on any atom is 0.141 e. The Hall–Kier alpha value is -0.960. The zero-order chi connectivity index (χ0) is 6.53. The van der Waals surface area contributed by atoms with Gasteiger partial charge in [0, 0.05) is 12.4 Å². The molecule has 48 valence electrons. The highest BCUT2D eigenvalue weighted by molar-refractivity contribution is 4.87. The molecule has 0 aliphatic heterocycles. The third-order valence-electron chi connectivity index (χ3n) is 0.954. The van der Waals surface area contributed by atoms with Crippen LogP contribution in [0.2, 0.25) is 0 Å². The van der Waals surface area contributed by atoms with Crippen LogP contribution in [0.3, 0.4) is 0 Å². The minimum absolute atomic E-state index is 0.737. The molecule has 0 aliphatic carbocycles. The SMILES string of the molecule is CNCc1ncccn1. The number of nitrogens with zero attached hydrogens (tertiary/aromatic N) is 2. The van der Waals surface area contributed by atoms with Gasteiger partial charge in [0.2, 0.25) is 0 Å². The molecular weight excluding hydrogens is 114 g/mol. The van der Waals surface area contributed by atoms with E-state index in [0.717, 1.165) is 12.4 Å². The minimum Gasteiger partial charge on any atom is -0.313 e. The predicted octanol–water partition coefficient (Wildman–Crippen LogP) is 0.196. The van der Waals surface area contributed by atoms with Crippen molar-refractivity contribution in [3.63, 3.8) is 0 Å². The summed E-state index contributed by atoms with van der Waals surface area (Å²) in [5.74, 6) is 0.833. The molecule has 0 aliphatic rings. The van der Waals surface area contributed by atoms with E-state index in [0.29, 0.717) is 0 Å². The second-order valence-corrected chi connectivity index (χ2v) is 1.70. The second kappa shape index (κ2) is 3.14. The maximum absolute atomic E-state index is 3.99. The number of hydrogen-bond acceptors (Lipinski definition) is 3. The van der Waals surface area contributed by atoms with Crippen LogP contribution < -0.4 is 5.32 Å². The second-order valence-electron chi connectivity index (χ2n) is 1.70. The monoisotopic (exact) mass is 123 g/mol. The standard InChI is InChI=1S/C6H9N3/c1-7-5-6-8-3-2-4-9-6/h2-4,7H,5H2,1H3. The van der Waals surface area contributed by atoms with Crippen molar-refractivity contribution in [2.75, 3.05) is 7.05 Å². The van der Waals surface area contributed by atoms with Gasteiger partial charge >= 0.3 is 0 Å². The minimum atomic E-state index is 0.737. The molecule has 1 aromatic rings. The first-order valence-corrected chi connectivity index (χ1v) is 2.84. The summed E-state index contributed by atoms with van der Waals surface area (Å²) in [5.41, 5.74) is 0. The van der Waals surface area contributed by atoms with Crippen molar-refractivity contribution >= 4 is 0 Å². The lowest BCUT2D eigenvalue weighted by Gasteiger charge is -1.93. The van der Waals surface area contributed by atoms with Gasteiger partial charge in [-0.05, 0) is 13.1 Å². The number of aromatic nitrogens is 2. The Bertz CT molecular complexity index is 161. The highest BCUT2D eigenvalue weighted by atomic mass is 14.9. The van der Waals surface area contributed by atoms with Gasteiger partial charge in [0.05, 0.1) is 6.54 Å². The Morgan fingerprint density at radius 1 is 1.44 bits per heavy atom. The van der Waals surface area contributed by atoms with Crippen molar-refractivity contribution in [2.24, 2.45) is 0 Å². The van der Waals surface area contributed by atoms with Gasteiger partial charge in [-0.15, -0.1) is 0 Å². The van der Waals surface area contributed by atoms with Gasteiger partial charge in [-0.25, -0.2) is 9.97 Å². The van der Waals surface area contributed by atoms with Gasteiger partial charge in [-0.1, -0.05) is 0 Å². The zero-order valence-corrected chi connectivity index (χ0v) is 5.33. The first-order chi connectivity index (χ1) is 4.43. The van der Waals surface area contributed by atoms with Crippen LogP contribution in [0.5, 0.6) is 0 Å². The number of nitrogens with one attached hydrogen (secondary N) is 1. The average Bonchev–Trinajstić information content (AvgIpc) is 1.91. The molecular formula is C6H9N3. The van der Waals surface area contributed by atoms with Crippen LogP contribution in [0, 0.1) is 0 Å². The average molecular weight is 123 g/mol. The predicted molar refractivity (Wildman–Crippen MR) is 34.8 cm³/mol. The number of hydrogen-bond donors (Lipinski definition) is 1. The largest absolute Gasteiger partial charge is 0.313 e. The topological polar surface area (TPSA) is 37.8 Å². The molecule has 0 unspecified atom stereocenters. The van der Waals surface area contributed by atoms with Crippen LogP contribution in [0.1, 0.15) is 5.82 Å². The van der Waals surface area contributed by atoms with Crippen LogP contribution in [-0.4, -0.2) is 17.0 Å². The first-order valence-electron chi connectivity index (χ1n) is 2.84. The molecule has 1 N–H and O–H groups in total. The van der Waals surface area contributed by atoms with Crippen LogP contribution in [0.4, 0.5) is 0 Å². The zero-order valence-electron chi connectivity index (χ0n) is 5.33. The van der Waals surface area contributed by atoms with E-state index in [1.165, 1.54) is 0 Å². The Kier molecular flexibility index (Phi) is 2.15. The molecule has 1 heterocycles. The fraction of sp³-hybridized carbons (Fsp3) is 0.333. The van der Waals surface area contributed by atoms with Crippen molar-refractivity contribution < 1.29 is 0 Å². The summed E-state index contributed by atoms with van der Waals surface area (Å²) >= 11 is 0. The summed E-state index contributed by atoms with van der Waals surface area (Å²) in [6.45, 7) is 0.737. The Labute approximate surface area is 54.2 Å². The van der Waals surface area contributed by atoms with Gasteiger partial charge in [0.25, 0.3) is 0 Å².